The Kier molecular flexibility index (Phi) is 2.12. The minimum Gasteiger partial charge on any atom is -0.392 e. The Labute approximate surface area is 98.9 Å². The van der Waals surface area contributed by atoms with Crippen molar-refractivity contribution in [3.8, 4) is 0 Å². The molecule has 3 aliphatic rings. The molecule has 0 amide bonds. The third-order valence-electron chi connectivity index (χ3n) is 6.32. The van der Waals surface area contributed by atoms with Gasteiger partial charge in [0.25, 0.3) is 0 Å². The van der Waals surface area contributed by atoms with E-state index in [0.717, 1.165) is 11.8 Å². The SMILES string of the molecule is CC1CC[C@H]2C(C)(C)[C@H]3C[C@@]12CC=C3CO. The van der Waals surface area contributed by atoms with E-state index in [0.29, 0.717) is 16.7 Å². The van der Waals surface area contributed by atoms with Gasteiger partial charge in [0.05, 0.1) is 6.61 Å². The molecule has 1 nitrogen and oxygen atoms in total. The van der Waals surface area contributed by atoms with Crippen LogP contribution < -0.4 is 0 Å². The van der Waals surface area contributed by atoms with E-state index in [-0.39, 0.29) is 6.61 Å². The summed E-state index contributed by atoms with van der Waals surface area (Å²) in [7, 11) is 0. The van der Waals surface area contributed by atoms with E-state index in [1.54, 1.807) is 0 Å². The zero-order chi connectivity index (χ0) is 11.6. The topological polar surface area (TPSA) is 20.2 Å². The standard InChI is InChI=1S/C15H24O/c1-10-4-5-13-14(2,3)12-8-15(10,13)7-6-11(12)9-16/h6,10,12-13,16H,4-5,7-9H2,1-3H3/t10?,12-,13-,15-/m0/s1. The zero-order valence-electron chi connectivity index (χ0n) is 10.8. The maximum absolute atomic E-state index is 9.50. The Hall–Kier alpha value is -0.300. The summed E-state index contributed by atoms with van der Waals surface area (Å²) >= 11 is 0. The van der Waals surface area contributed by atoms with E-state index in [1.807, 2.05) is 0 Å². The van der Waals surface area contributed by atoms with Gasteiger partial charge >= 0.3 is 0 Å². The Morgan fingerprint density at radius 1 is 1.38 bits per heavy atom. The van der Waals surface area contributed by atoms with Crippen LogP contribution in [0, 0.1) is 28.6 Å². The molecule has 2 fully saturated rings. The molecule has 1 N–H and O–H groups in total. The van der Waals surface area contributed by atoms with Gasteiger partial charge in [0.2, 0.25) is 0 Å². The number of aliphatic hydroxyl groups is 1. The molecule has 3 rings (SSSR count). The summed E-state index contributed by atoms with van der Waals surface area (Å²) in [6.45, 7) is 7.62. The average molecular weight is 220 g/mol. The molecule has 1 heteroatoms. The molecular weight excluding hydrogens is 196 g/mol. The monoisotopic (exact) mass is 220 g/mol. The van der Waals surface area contributed by atoms with Gasteiger partial charge in [-0.05, 0) is 59.8 Å². The van der Waals surface area contributed by atoms with Crippen LogP contribution in [-0.2, 0) is 0 Å². The molecule has 4 atom stereocenters. The molecule has 2 saturated carbocycles. The van der Waals surface area contributed by atoms with Gasteiger partial charge in [-0.3, -0.25) is 0 Å². The molecule has 16 heavy (non-hydrogen) atoms. The molecule has 0 aliphatic heterocycles. The molecule has 90 valence electrons. The average Bonchev–Trinajstić information content (AvgIpc) is 2.65. The number of fused-ring (bicyclic) bond motifs is 1. The second-order valence-corrected chi connectivity index (χ2v) is 6.98. The first-order chi connectivity index (χ1) is 7.52. The highest BCUT2D eigenvalue weighted by Gasteiger charge is 2.63. The second-order valence-electron chi connectivity index (χ2n) is 6.98. The van der Waals surface area contributed by atoms with Crippen LogP contribution in [0.4, 0.5) is 0 Å². The summed E-state index contributed by atoms with van der Waals surface area (Å²) in [5.41, 5.74) is 2.33. The van der Waals surface area contributed by atoms with Crippen molar-refractivity contribution in [2.24, 2.45) is 28.6 Å². The number of rotatable bonds is 1. The molecular formula is C15H24O. The van der Waals surface area contributed by atoms with Crippen LogP contribution in [0.25, 0.3) is 0 Å². The quantitative estimate of drug-likeness (QED) is 0.672. The van der Waals surface area contributed by atoms with E-state index in [2.05, 4.69) is 26.8 Å². The fraction of sp³-hybridized carbons (Fsp3) is 0.867. The van der Waals surface area contributed by atoms with Gasteiger partial charge in [0.1, 0.15) is 0 Å². The molecule has 0 saturated heterocycles. The van der Waals surface area contributed by atoms with Crippen LogP contribution in [0.3, 0.4) is 0 Å². The van der Waals surface area contributed by atoms with Gasteiger partial charge < -0.3 is 5.11 Å². The van der Waals surface area contributed by atoms with Crippen molar-refractivity contribution < 1.29 is 5.11 Å². The first-order valence-corrected chi connectivity index (χ1v) is 6.82. The summed E-state index contributed by atoms with van der Waals surface area (Å²) in [6, 6.07) is 0. The third kappa shape index (κ3) is 1.06. The summed E-state index contributed by atoms with van der Waals surface area (Å²) in [4.78, 5) is 0. The molecule has 0 aromatic rings. The molecule has 0 heterocycles. The van der Waals surface area contributed by atoms with Crippen LogP contribution >= 0.6 is 0 Å². The van der Waals surface area contributed by atoms with Crippen molar-refractivity contribution >= 4 is 0 Å². The van der Waals surface area contributed by atoms with Crippen molar-refractivity contribution in [2.45, 2.75) is 46.5 Å². The minimum atomic E-state index is 0.283. The molecule has 0 aromatic heterocycles. The van der Waals surface area contributed by atoms with Gasteiger partial charge in [-0.2, -0.15) is 0 Å². The Morgan fingerprint density at radius 3 is 2.81 bits per heavy atom. The molecule has 0 aromatic carbocycles. The largest absolute Gasteiger partial charge is 0.392 e. The zero-order valence-corrected chi connectivity index (χ0v) is 10.8. The van der Waals surface area contributed by atoms with Crippen LogP contribution in [0.1, 0.15) is 46.5 Å². The molecule has 3 aliphatic carbocycles. The van der Waals surface area contributed by atoms with Crippen molar-refractivity contribution in [3.05, 3.63) is 11.6 Å². The second kappa shape index (κ2) is 3.13. The van der Waals surface area contributed by atoms with Gasteiger partial charge in [0.15, 0.2) is 0 Å². The normalized spacial score (nSPS) is 49.0. The smallest absolute Gasteiger partial charge is 0.0644 e. The number of allylic oxidation sites excluding steroid dienone is 1. The third-order valence-corrected chi connectivity index (χ3v) is 6.32. The van der Waals surface area contributed by atoms with Gasteiger partial charge in [-0.1, -0.05) is 26.8 Å². The van der Waals surface area contributed by atoms with Crippen molar-refractivity contribution in [2.75, 3.05) is 6.61 Å². The lowest BCUT2D eigenvalue weighted by molar-refractivity contribution is 0.128. The van der Waals surface area contributed by atoms with Crippen LogP contribution in [-0.4, -0.2) is 11.7 Å². The predicted molar refractivity (Wildman–Crippen MR) is 66.0 cm³/mol. The predicted octanol–water partition coefficient (Wildman–Crippen LogP) is 3.39. The van der Waals surface area contributed by atoms with E-state index < -0.39 is 0 Å². The first-order valence-electron chi connectivity index (χ1n) is 6.82. The number of aliphatic hydroxyl groups excluding tert-OH is 1. The maximum atomic E-state index is 9.50. The van der Waals surface area contributed by atoms with Crippen molar-refractivity contribution in [1.29, 1.82) is 0 Å². The van der Waals surface area contributed by atoms with Crippen LogP contribution in [0.5, 0.6) is 0 Å². The lowest BCUT2D eigenvalue weighted by Gasteiger charge is -2.36. The molecule has 0 radical (unpaired) electrons. The minimum absolute atomic E-state index is 0.283. The fourth-order valence-electron chi connectivity index (χ4n) is 5.35. The summed E-state index contributed by atoms with van der Waals surface area (Å²) in [6.07, 6.45) is 7.78. The van der Waals surface area contributed by atoms with Crippen LogP contribution in [0.15, 0.2) is 11.6 Å². The Balaban J connectivity index is 2.07. The highest BCUT2D eigenvalue weighted by molar-refractivity contribution is 5.26. The maximum Gasteiger partial charge on any atom is 0.0644 e. The fourth-order valence-corrected chi connectivity index (χ4v) is 5.35. The molecule has 1 spiro atoms. The number of hydrogen-bond donors (Lipinski definition) is 1. The summed E-state index contributed by atoms with van der Waals surface area (Å²) < 4.78 is 0. The first kappa shape index (κ1) is 10.8. The Bertz CT molecular complexity index is 341. The highest BCUT2D eigenvalue weighted by atomic mass is 16.3. The van der Waals surface area contributed by atoms with E-state index >= 15 is 0 Å². The Morgan fingerprint density at radius 2 is 2.12 bits per heavy atom. The van der Waals surface area contributed by atoms with Crippen molar-refractivity contribution in [3.63, 3.8) is 0 Å². The molecule has 1 unspecified atom stereocenters. The highest BCUT2D eigenvalue weighted by Crippen LogP contribution is 2.71. The molecule has 2 bridgehead atoms. The lowest BCUT2D eigenvalue weighted by Crippen LogP contribution is -2.30. The van der Waals surface area contributed by atoms with E-state index in [4.69, 9.17) is 0 Å². The van der Waals surface area contributed by atoms with E-state index in [9.17, 15) is 5.11 Å². The van der Waals surface area contributed by atoms with Gasteiger partial charge in [0, 0.05) is 0 Å². The van der Waals surface area contributed by atoms with Gasteiger partial charge in [-0.15, -0.1) is 0 Å². The van der Waals surface area contributed by atoms with Crippen molar-refractivity contribution in [1.82, 2.24) is 0 Å². The summed E-state index contributed by atoms with van der Waals surface area (Å²) in [5, 5.41) is 9.50. The number of hydrogen-bond acceptors (Lipinski definition) is 1. The summed E-state index contributed by atoms with van der Waals surface area (Å²) in [5.74, 6) is 2.43. The van der Waals surface area contributed by atoms with Gasteiger partial charge in [-0.25, -0.2) is 0 Å². The van der Waals surface area contributed by atoms with E-state index in [1.165, 1.54) is 31.3 Å². The lowest BCUT2D eigenvalue weighted by atomic mass is 9.68. The van der Waals surface area contributed by atoms with Crippen LogP contribution in [0.2, 0.25) is 0 Å².